The van der Waals surface area contributed by atoms with E-state index in [2.05, 4.69) is 0 Å². The maximum atomic E-state index is 12.9. The van der Waals surface area contributed by atoms with Crippen LogP contribution in [0.3, 0.4) is 0 Å². The lowest BCUT2D eigenvalue weighted by Gasteiger charge is -2.31. The van der Waals surface area contributed by atoms with Gasteiger partial charge in [0.2, 0.25) is 5.91 Å². The first-order chi connectivity index (χ1) is 12.9. The Hall–Kier alpha value is -1.56. The number of nitrogens with zero attached hydrogens (tertiary/aromatic N) is 1. The zero-order valence-corrected chi connectivity index (χ0v) is 16.8. The van der Waals surface area contributed by atoms with Gasteiger partial charge in [-0.15, -0.1) is 11.8 Å². The van der Waals surface area contributed by atoms with E-state index in [9.17, 15) is 14.0 Å². The van der Waals surface area contributed by atoms with Crippen LogP contribution >= 0.6 is 35.0 Å². The number of likely N-dealkylation sites (tertiary alicyclic amines) is 1. The van der Waals surface area contributed by atoms with Crippen molar-refractivity contribution in [2.24, 2.45) is 5.92 Å². The Morgan fingerprint density at radius 3 is 2.33 bits per heavy atom. The molecule has 1 aliphatic heterocycles. The van der Waals surface area contributed by atoms with Crippen molar-refractivity contribution >= 4 is 46.7 Å². The van der Waals surface area contributed by atoms with Gasteiger partial charge >= 0.3 is 0 Å². The number of carbonyl (C=O) groups is 2. The van der Waals surface area contributed by atoms with E-state index in [0.29, 0.717) is 47.3 Å². The van der Waals surface area contributed by atoms with Crippen molar-refractivity contribution in [2.75, 3.05) is 18.8 Å². The summed E-state index contributed by atoms with van der Waals surface area (Å²) >= 11 is 13.3. The van der Waals surface area contributed by atoms with Gasteiger partial charge in [-0.3, -0.25) is 9.59 Å². The third-order valence-electron chi connectivity index (χ3n) is 4.60. The van der Waals surface area contributed by atoms with Crippen LogP contribution < -0.4 is 0 Å². The van der Waals surface area contributed by atoms with Gasteiger partial charge in [-0.05, 0) is 55.3 Å². The average Bonchev–Trinajstić information content (AvgIpc) is 2.69. The van der Waals surface area contributed by atoms with E-state index in [1.807, 2.05) is 0 Å². The lowest BCUT2D eigenvalue weighted by atomic mass is 9.89. The highest BCUT2D eigenvalue weighted by Gasteiger charge is 2.28. The van der Waals surface area contributed by atoms with Crippen molar-refractivity contribution in [1.82, 2.24) is 4.90 Å². The second kappa shape index (κ2) is 9.09. The third-order valence-corrected chi connectivity index (χ3v) is 6.33. The molecule has 0 aromatic heterocycles. The maximum Gasteiger partial charge on any atom is 0.232 e. The van der Waals surface area contributed by atoms with Crippen LogP contribution in [0.5, 0.6) is 0 Å². The number of hydrogen-bond acceptors (Lipinski definition) is 3. The van der Waals surface area contributed by atoms with Gasteiger partial charge < -0.3 is 4.90 Å². The topological polar surface area (TPSA) is 37.4 Å². The van der Waals surface area contributed by atoms with Crippen LogP contribution in [0, 0.1) is 11.7 Å². The smallest absolute Gasteiger partial charge is 0.232 e. The molecule has 0 bridgehead atoms. The first-order valence-corrected chi connectivity index (χ1v) is 10.3. The minimum atomic E-state index is -0.292. The minimum absolute atomic E-state index is 0.0322. The fourth-order valence-corrected chi connectivity index (χ4v) is 4.14. The Kier molecular flexibility index (Phi) is 6.79. The second-order valence-corrected chi connectivity index (χ2v) is 8.25. The molecule has 0 radical (unpaired) electrons. The number of rotatable bonds is 5. The van der Waals surface area contributed by atoms with E-state index in [1.54, 1.807) is 35.2 Å². The molecular formula is C20H18Cl2FNO2S. The summed E-state index contributed by atoms with van der Waals surface area (Å²) in [5.41, 5.74) is 0.557. The van der Waals surface area contributed by atoms with Gasteiger partial charge in [0.1, 0.15) is 5.82 Å². The van der Waals surface area contributed by atoms with Crippen molar-refractivity contribution in [1.29, 1.82) is 0 Å². The molecule has 0 atom stereocenters. The summed E-state index contributed by atoms with van der Waals surface area (Å²) in [6.07, 6.45) is 1.26. The molecule has 142 valence electrons. The summed E-state index contributed by atoms with van der Waals surface area (Å²) in [4.78, 5) is 27.7. The van der Waals surface area contributed by atoms with E-state index < -0.39 is 0 Å². The molecule has 0 spiro atoms. The summed E-state index contributed by atoms with van der Waals surface area (Å²) < 4.78 is 12.9. The summed E-state index contributed by atoms with van der Waals surface area (Å²) in [6.45, 7) is 1.11. The Balaban J connectivity index is 1.50. The van der Waals surface area contributed by atoms with Crippen LogP contribution in [-0.4, -0.2) is 35.4 Å². The first kappa shape index (κ1) is 20.2. The molecule has 1 saturated heterocycles. The van der Waals surface area contributed by atoms with Crippen molar-refractivity contribution in [3.8, 4) is 0 Å². The fourth-order valence-electron chi connectivity index (χ4n) is 3.04. The van der Waals surface area contributed by atoms with Gasteiger partial charge in [0.05, 0.1) is 15.8 Å². The maximum absolute atomic E-state index is 12.9. The van der Waals surface area contributed by atoms with Gasteiger partial charge in [0.15, 0.2) is 5.78 Å². The van der Waals surface area contributed by atoms with E-state index in [4.69, 9.17) is 23.2 Å². The lowest BCUT2D eigenvalue weighted by Crippen LogP contribution is -2.41. The zero-order chi connectivity index (χ0) is 19.4. The van der Waals surface area contributed by atoms with E-state index in [1.165, 1.54) is 23.9 Å². The Labute approximate surface area is 171 Å². The second-order valence-electron chi connectivity index (χ2n) is 6.39. The number of halogens is 3. The van der Waals surface area contributed by atoms with Crippen LogP contribution in [0.4, 0.5) is 4.39 Å². The molecule has 3 nitrogen and oxygen atoms in total. The van der Waals surface area contributed by atoms with E-state index >= 15 is 0 Å². The molecule has 2 aromatic rings. The standard InChI is InChI=1S/C20H18Cl2FNO2S/c21-17-6-1-14(11-18(17)22)20(26)13-7-9-24(10-8-13)19(25)12-27-16-4-2-15(23)3-5-16/h1-6,11,13H,7-10,12H2. The lowest BCUT2D eigenvalue weighted by molar-refractivity contribution is -0.129. The van der Waals surface area contributed by atoms with Crippen molar-refractivity contribution in [3.05, 3.63) is 63.9 Å². The number of piperidine rings is 1. The van der Waals surface area contributed by atoms with E-state index in [-0.39, 0.29) is 23.4 Å². The molecule has 0 unspecified atom stereocenters. The van der Waals surface area contributed by atoms with Gasteiger partial charge in [-0.2, -0.15) is 0 Å². The molecule has 0 aliphatic carbocycles. The van der Waals surface area contributed by atoms with Crippen molar-refractivity contribution in [2.45, 2.75) is 17.7 Å². The number of Topliss-reactive ketones (excluding diaryl/α,β-unsaturated/α-hetero) is 1. The Bertz CT molecular complexity index is 836. The summed E-state index contributed by atoms with van der Waals surface area (Å²) in [5, 5.41) is 0.792. The van der Waals surface area contributed by atoms with Crippen LogP contribution in [0.25, 0.3) is 0 Å². The number of ketones is 1. The van der Waals surface area contributed by atoms with Gasteiger partial charge in [0.25, 0.3) is 0 Å². The number of hydrogen-bond donors (Lipinski definition) is 0. The summed E-state index contributed by atoms with van der Waals surface area (Å²) in [7, 11) is 0. The highest BCUT2D eigenvalue weighted by Crippen LogP contribution is 2.27. The predicted octanol–water partition coefficient (Wildman–Crippen LogP) is 5.35. The molecule has 1 fully saturated rings. The monoisotopic (exact) mass is 425 g/mol. The number of thioether (sulfide) groups is 1. The molecule has 0 saturated carbocycles. The highest BCUT2D eigenvalue weighted by atomic mass is 35.5. The normalized spacial score (nSPS) is 15.0. The van der Waals surface area contributed by atoms with E-state index in [0.717, 1.165) is 4.90 Å². The highest BCUT2D eigenvalue weighted by molar-refractivity contribution is 8.00. The molecule has 1 heterocycles. The summed E-state index contributed by atoms with van der Waals surface area (Å²) in [6, 6.07) is 11.0. The van der Waals surface area contributed by atoms with Gasteiger partial charge in [-0.25, -0.2) is 4.39 Å². The predicted molar refractivity (Wildman–Crippen MR) is 107 cm³/mol. The third kappa shape index (κ3) is 5.24. The molecule has 27 heavy (non-hydrogen) atoms. The SMILES string of the molecule is O=C(c1ccc(Cl)c(Cl)c1)C1CCN(C(=O)CSc2ccc(F)cc2)CC1. The Morgan fingerprint density at radius 1 is 1.04 bits per heavy atom. The number of carbonyl (C=O) groups excluding carboxylic acids is 2. The van der Waals surface area contributed by atoms with Crippen LogP contribution in [0.2, 0.25) is 10.0 Å². The largest absolute Gasteiger partial charge is 0.342 e. The van der Waals surface area contributed by atoms with Crippen LogP contribution in [-0.2, 0) is 4.79 Å². The molecule has 7 heteroatoms. The van der Waals surface area contributed by atoms with Crippen molar-refractivity contribution < 1.29 is 14.0 Å². The number of benzene rings is 2. The fraction of sp³-hybridized carbons (Fsp3) is 0.300. The van der Waals surface area contributed by atoms with Gasteiger partial charge in [-0.1, -0.05) is 23.2 Å². The Morgan fingerprint density at radius 2 is 1.70 bits per heavy atom. The molecule has 2 aromatic carbocycles. The molecule has 1 aliphatic rings. The zero-order valence-electron chi connectivity index (χ0n) is 14.5. The number of amides is 1. The van der Waals surface area contributed by atoms with Crippen LogP contribution in [0.1, 0.15) is 23.2 Å². The summed E-state index contributed by atoms with van der Waals surface area (Å²) in [5.74, 6) is -0.0293. The first-order valence-electron chi connectivity index (χ1n) is 8.59. The van der Waals surface area contributed by atoms with Crippen molar-refractivity contribution in [3.63, 3.8) is 0 Å². The van der Waals surface area contributed by atoms with Crippen LogP contribution in [0.15, 0.2) is 47.4 Å². The molecular weight excluding hydrogens is 408 g/mol. The molecule has 1 amide bonds. The van der Waals surface area contributed by atoms with Gasteiger partial charge in [0, 0.05) is 29.5 Å². The molecule has 3 rings (SSSR count). The minimum Gasteiger partial charge on any atom is -0.342 e. The molecule has 0 N–H and O–H groups in total. The average molecular weight is 426 g/mol. The quantitative estimate of drug-likeness (QED) is 0.478.